The molecule has 0 radical (unpaired) electrons. The van der Waals surface area contributed by atoms with E-state index in [1.165, 1.54) is 11.1 Å². The fraction of sp³-hybridized carbons (Fsp3) is 0. The van der Waals surface area contributed by atoms with E-state index in [9.17, 15) is 0 Å². The Morgan fingerprint density at radius 1 is 0.667 bits per heavy atom. The number of anilines is 2. The fourth-order valence-corrected chi connectivity index (χ4v) is 1.94. The normalized spacial score (nSPS) is 10.2. The largest absolute Gasteiger partial charge is 0.348 e. The SMILES string of the molecule is c1ccc(-c2ccc(Nc3ccc[nH]3)cc2)cc1. The first-order chi connectivity index (χ1) is 8.92. The minimum Gasteiger partial charge on any atom is -0.348 e. The molecule has 0 atom stereocenters. The third kappa shape index (κ3) is 2.28. The lowest BCUT2D eigenvalue weighted by Crippen LogP contribution is -1.89. The number of H-pyrrole nitrogens is 1. The molecule has 88 valence electrons. The van der Waals surface area contributed by atoms with Crippen LogP contribution in [0, 0.1) is 0 Å². The average Bonchev–Trinajstić information content (AvgIpc) is 2.94. The van der Waals surface area contributed by atoms with Crippen LogP contribution >= 0.6 is 0 Å². The number of rotatable bonds is 3. The van der Waals surface area contributed by atoms with E-state index >= 15 is 0 Å². The van der Waals surface area contributed by atoms with Crippen molar-refractivity contribution in [1.29, 1.82) is 0 Å². The quantitative estimate of drug-likeness (QED) is 0.689. The molecule has 0 spiro atoms. The van der Waals surface area contributed by atoms with Crippen LogP contribution in [0.2, 0.25) is 0 Å². The van der Waals surface area contributed by atoms with Crippen LogP contribution < -0.4 is 5.32 Å². The predicted octanol–water partition coefficient (Wildman–Crippen LogP) is 4.43. The van der Waals surface area contributed by atoms with Crippen molar-refractivity contribution in [2.24, 2.45) is 0 Å². The van der Waals surface area contributed by atoms with Crippen LogP contribution in [-0.2, 0) is 0 Å². The van der Waals surface area contributed by atoms with Crippen molar-refractivity contribution < 1.29 is 0 Å². The number of aromatic nitrogens is 1. The zero-order valence-electron chi connectivity index (χ0n) is 9.93. The van der Waals surface area contributed by atoms with E-state index in [2.05, 4.69) is 58.8 Å². The van der Waals surface area contributed by atoms with Gasteiger partial charge in [0.2, 0.25) is 0 Å². The number of nitrogens with one attached hydrogen (secondary N) is 2. The topological polar surface area (TPSA) is 27.8 Å². The molecule has 18 heavy (non-hydrogen) atoms. The highest BCUT2D eigenvalue weighted by molar-refractivity contribution is 5.67. The second-order valence-corrected chi connectivity index (χ2v) is 4.15. The summed E-state index contributed by atoms with van der Waals surface area (Å²) in [5, 5.41) is 3.31. The lowest BCUT2D eigenvalue weighted by atomic mass is 10.1. The molecule has 1 heterocycles. The standard InChI is InChI=1S/C16H14N2/c1-2-5-13(6-3-1)14-8-10-15(11-9-14)18-16-7-4-12-17-16/h1-12,17-18H. The maximum Gasteiger partial charge on any atom is 0.107 e. The van der Waals surface area contributed by atoms with Gasteiger partial charge in [0.1, 0.15) is 5.82 Å². The Hall–Kier alpha value is -2.48. The van der Waals surface area contributed by atoms with E-state index in [1.54, 1.807) is 0 Å². The third-order valence-corrected chi connectivity index (χ3v) is 2.87. The molecule has 1 aromatic heterocycles. The molecule has 2 nitrogen and oxygen atoms in total. The van der Waals surface area contributed by atoms with Crippen molar-refractivity contribution in [2.45, 2.75) is 0 Å². The van der Waals surface area contributed by atoms with Crippen LogP contribution in [0.1, 0.15) is 0 Å². The summed E-state index contributed by atoms with van der Waals surface area (Å²) in [7, 11) is 0. The lowest BCUT2D eigenvalue weighted by molar-refractivity contribution is 1.38. The lowest BCUT2D eigenvalue weighted by Gasteiger charge is -2.06. The Labute approximate surface area is 106 Å². The van der Waals surface area contributed by atoms with Gasteiger partial charge in [-0.25, -0.2) is 0 Å². The smallest absolute Gasteiger partial charge is 0.107 e. The van der Waals surface area contributed by atoms with Gasteiger partial charge in [-0.05, 0) is 35.4 Å². The summed E-state index contributed by atoms with van der Waals surface area (Å²) >= 11 is 0. The number of hydrogen-bond donors (Lipinski definition) is 2. The van der Waals surface area contributed by atoms with Gasteiger partial charge in [-0.15, -0.1) is 0 Å². The highest BCUT2D eigenvalue weighted by Crippen LogP contribution is 2.22. The molecule has 0 amide bonds. The molecular formula is C16H14N2. The summed E-state index contributed by atoms with van der Waals surface area (Å²) in [5.74, 6) is 1.00. The highest BCUT2D eigenvalue weighted by atomic mass is 15.0. The first-order valence-corrected chi connectivity index (χ1v) is 5.98. The van der Waals surface area contributed by atoms with Gasteiger partial charge < -0.3 is 10.3 Å². The van der Waals surface area contributed by atoms with Gasteiger partial charge >= 0.3 is 0 Å². The van der Waals surface area contributed by atoms with E-state index in [0.29, 0.717) is 0 Å². The number of benzene rings is 2. The van der Waals surface area contributed by atoms with Crippen molar-refractivity contribution in [3.63, 3.8) is 0 Å². The van der Waals surface area contributed by atoms with Crippen LogP contribution in [0.3, 0.4) is 0 Å². The molecule has 0 unspecified atom stereocenters. The van der Waals surface area contributed by atoms with Crippen LogP contribution in [0.4, 0.5) is 11.5 Å². The van der Waals surface area contributed by atoms with E-state index in [0.717, 1.165) is 11.5 Å². The summed E-state index contributed by atoms with van der Waals surface area (Å²) in [4.78, 5) is 3.12. The summed E-state index contributed by atoms with van der Waals surface area (Å²) in [6.45, 7) is 0. The molecule has 3 rings (SSSR count). The van der Waals surface area contributed by atoms with Crippen molar-refractivity contribution in [3.05, 3.63) is 72.9 Å². The molecule has 0 bridgehead atoms. The summed E-state index contributed by atoms with van der Waals surface area (Å²) in [5.41, 5.74) is 3.55. The van der Waals surface area contributed by atoms with E-state index < -0.39 is 0 Å². The molecule has 0 saturated heterocycles. The summed E-state index contributed by atoms with van der Waals surface area (Å²) in [6.07, 6.45) is 1.90. The minimum absolute atomic E-state index is 1.00. The van der Waals surface area contributed by atoms with Gasteiger partial charge in [0.15, 0.2) is 0 Å². The Bertz CT molecular complexity index is 595. The highest BCUT2D eigenvalue weighted by Gasteiger charge is 1.98. The second kappa shape index (κ2) is 4.80. The molecule has 0 aliphatic rings. The van der Waals surface area contributed by atoms with Crippen molar-refractivity contribution >= 4 is 11.5 Å². The van der Waals surface area contributed by atoms with Gasteiger partial charge in [0, 0.05) is 11.9 Å². The maximum absolute atomic E-state index is 3.31. The Morgan fingerprint density at radius 3 is 2.06 bits per heavy atom. The summed E-state index contributed by atoms with van der Waals surface area (Å²) < 4.78 is 0. The van der Waals surface area contributed by atoms with Gasteiger partial charge in [-0.2, -0.15) is 0 Å². The number of aromatic amines is 1. The fourth-order valence-electron chi connectivity index (χ4n) is 1.94. The molecule has 2 heteroatoms. The molecule has 0 saturated carbocycles. The van der Waals surface area contributed by atoms with E-state index in [-0.39, 0.29) is 0 Å². The molecule has 0 aliphatic heterocycles. The van der Waals surface area contributed by atoms with Gasteiger partial charge in [0.25, 0.3) is 0 Å². The Kier molecular flexibility index (Phi) is 2.84. The van der Waals surface area contributed by atoms with Gasteiger partial charge in [-0.1, -0.05) is 42.5 Å². The van der Waals surface area contributed by atoms with Crippen molar-refractivity contribution in [2.75, 3.05) is 5.32 Å². The van der Waals surface area contributed by atoms with E-state index in [1.807, 2.05) is 24.4 Å². The zero-order valence-corrected chi connectivity index (χ0v) is 9.93. The monoisotopic (exact) mass is 234 g/mol. The number of hydrogen-bond acceptors (Lipinski definition) is 1. The molecule has 2 aromatic carbocycles. The average molecular weight is 234 g/mol. The van der Waals surface area contributed by atoms with Crippen molar-refractivity contribution in [3.8, 4) is 11.1 Å². The van der Waals surface area contributed by atoms with Crippen LogP contribution in [0.15, 0.2) is 72.9 Å². The minimum atomic E-state index is 1.00. The molecule has 0 aliphatic carbocycles. The van der Waals surface area contributed by atoms with Crippen LogP contribution in [0.25, 0.3) is 11.1 Å². The Morgan fingerprint density at radius 2 is 1.39 bits per heavy atom. The summed E-state index contributed by atoms with van der Waals surface area (Å²) in [6, 6.07) is 22.8. The van der Waals surface area contributed by atoms with Crippen LogP contribution in [-0.4, -0.2) is 4.98 Å². The molecular weight excluding hydrogens is 220 g/mol. The first-order valence-electron chi connectivity index (χ1n) is 5.98. The molecule has 0 fully saturated rings. The molecule has 2 N–H and O–H groups in total. The maximum atomic E-state index is 3.31. The first kappa shape index (κ1) is 10.7. The zero-order chi connectivity index (χ0) is 12.2. The predicted molar refractivity (Wildman–Crippen MR) is 76.0 cm³/mol. The Balaban J connectivity index is 1.81. The van der Waals surface area contributed by atoms with Gasteiger partial charge in [0.05, 0.1) is 0 Å². The van der Waals surface area contributed by atoms with Gasteiger partial charge in [-0.3, -0.25) is 0 Å². The van der Waals surface area contributed by atoms with Crippen molar-refractivity contribution in [1.82, 2.24) is 4.98 Å². The third-order valence-electron chi connectivity index (χ3n) is 2.87. The second-order valence-electron chi connectivity index (χ2n) is 4.15. The van der Waals surface area contributed by atoms with E-state index in [4.69, 9.17) is 0 Å². The van der Waals surface area contributed by atoms with Crippen LogP contribution in [0.5, 0.6) is 0 Å². The molecule has 3 aromatic rings.